The molecule has 140 valence electrons. The Morgan fingerprint density at radius 3 is 2.58 bits per heavy atom. The summed E-state index contributed by atoms with van der Waals surface area (Å²) in [6.07, 6.45) is 2.13. The third kappa shape index (κ3) is 5.19. The van der Waals surface area contributed by atoms with Gasteiger partial charge in [0.1, 0.15) is 0 Å². The van der Waals surface area contributed by atoms with E-state index in [0.29, 0.717) is 42.6 Å². The van der Waals surface area contributed by atoms with Gasteiger partial charge in [0, 0.05) is 37.0 Å². The second-order valence-electron chi connectivity index (χ2n) is 6.48. The van der Waals surface area contributed by atoms with Crippen molar-refractivity contribution in [2.24, 2.45) is 0 Å². The lowest BCUT2D eigenvalue weighted by Gasteiger charge is -2.26. The normalized spacial score (nSPS) is 16.9. The molecule has 1 aromatic carbocycles. The lowest BCUT2D eigenvalue weighted by atomic mass is 10.1. The van der Waals surface area contributed by atoms with Gasteiger partial charge in [0.15, 0.2) is 0 Å². The Morgan fingerprint density at radius 1 is 1.15 bits per heavy atom. The van der Waals surface area contributed by atoms with E-state index in [1.54, 1.807) is 17.0 Å². The quantitative estimate of drug-likeness (QED) is 0.789. The monoisotopic (exact) mass is 379 g/mol. The van der Waals surface area contributed by atoms with E-state index in [-0.39, 0.29) is 36.6 Å². The maximum atomic E-state index is 12.3. The van der Waals surface area contributed by atoms with E-state index >= 15 is 0 Å². The molecule has 0 spiro atoms. The van der Waals surface area contributed by atoms with Crippen molar-refractivity contribution < 1.29 is 19.1 Å². The van der Waals surface area contributed by atoms with Crippen LogP contribution in [0.15, 0.2) is 18.2 Å². The first kappa shape index (κ1) is 18.7. The van der Waals surface area contributed by atoms with Crippen LogP contribution in [0.1, 0.15) is 36.0 Å². The minimum Gasteiger partial charge on any atom is -0.378 e. The van der Waals surface area contributed by atoms with E-state index in [1.807, 2.05) is 0 Å². The molecule has 0 atom stereocenters. The molecule has 0 aromatic heterocycles. The third-order valence-electron chi connectivity index (χ3n) is 4.34. The van der Waals surface area contributed by atoms with Gasteiger partial charge in [-0.2, -0.15) is 0 Å². The van der Waals surface area contributed by atoms with Crippen LogP contribution in [0.3, 0.4) is 0 Å². The number of rotatable bonds is 6. The Labute approximate surface area is 157 Å². The maximum Gasteiger partial charge on any atom is 0.253 e. The highest BCUT2D eigenvalue weighted by atomic mass is 35.5. The molecule has 8 heteroatoms. The molecule has 2 fully saturated rings. The van der Waals surface area contributed by atoms with Crippen LogP contribution in [0.5, 0.6) is 0 Å². The summed E-state index contributed by atoms with van der Waals surface area (Å²) in [7, 11) is 0. The van der Waals surface area contributed by atoms with Crippen molar-refractivity contribution in [3.63, 3.8) is 0 Å². The van der Waals surface area contributed by atoms with E-state index in [1.165, 1.54) is 6.07 Å². The van der Waals surface area contributed by atoms with Gasteiger partial charge in [0.2, 0.25) is 11.8 Å². The van der Waals surface area contributed by atoms with Crippen molar-refractivity contribution in [3.05, 3.63) is 28.8 Å². The first-order chi connectivity index (χ1) is 12.5. The number of carbonyl (C=O) groups excluding carboxylic acids is 3. The number of hydrogen-bond donors (Lipinski definition) is 2. The number of hydrogen-bond acceptors (Lipinski definition) is 4. The predicted molar refractivity (Wildman–Crippen MR) is 97.2 cm³/mol. The van der Waals surface area contributed by atoms with Gasteiger partial charge < -0.3 is 20.3 Å². The molecule has 1 saturated carbocycles. The van der Waals surface area contributed by atoms with Gasteiger partial charge in [-0.1, -0.05) is 11.6 Å². The van der Waals surface area contributed by atoms with Gasteiger partial charge >= 0.3 is 0 Å². The highest BCUT2D eigenvalue weighted by Gasteiger charge is 2.25. The molecule has 2 aliphatic rings. The van der Waals surface area contributed by atoms with E-state index in [2.05, 4.69) is 10.6 Å². The Morgan fingerprint density at radius 2 is 1.88 bits per heavy atom. The minimum absolute atomic E-state index is 0.0580. The van der Waals surface area contributed by atoms with E-state index in [0.717, 1.165) is 12.8 Å². The fraction of sp³-hybridized carbons (Fsp3) is 0.500. The smallest absolute Gasteiger partial charge is 0.253 e. The number of anilines is 1. The van der Waals surface area contributed by atoms with E-state index in [4.69, 9.17) is 16.3 Å². The highest BCUT2D eigenvalue weighted by molar-refractivity contribution is 6.31. The molecular formula is C18H22ClN3O4. The lowest BCUT2D eigenvalue weighted by molar-refractivity contribution is -0.136. The van der Waals surface area contributed by atoms with E-state index in [9.17, 15) is 14.4 Å². The van der Waals surface area contributed by atoms with Crippen molar-refractivity contribution in [1.29, 1.82) is 0 Å². The minimum atomic E-state index is -0.311. The van der Waals surface area contributed by atoms with Crippen molar-refractivity contribution in [2.75, 3.05) is 31.6 Å². The molecule has 0 bridgehead atoms. The van der Waals surface area contributed by atoms with Crippen molar-refractivity contribution >= 4 is 35.0 Å². The Bertz CT molecular complexity index is 700. The second-order valence-corrected chi connectivity index (χ2v) is 6.92. The second kappa shape index (κ2) is 8.51. The molecular weight excluding hydrogens is 358 g/mol. The number of nitrogens with one attached hydrogen (secondary N) is 2. The van der Waals surface area contributed by atoms with Crippen LogP contribution in [0.4, 0.5) is 5.69 Å². The number of ether oxygens (including phenoxy) is 1. The summed E-state index contributed by atoms with van der Waals surface area (Å²) in [4.78, 5) is 38.4. The van der Waals surface area contributed by atoms with Crippen LogP contribution in [0.25, 0.3) is 0 Å². The van der Waals surface area contributed by atoms with Gasteiger partial charge in [-0.25, -0.2) is 0 Å². The molecule has 1 heterocycles. The molecule has 3 rings (SSSR count). The molecule has 3 amide bonds. The zero-order chi connectivity index (χ0) is 18.5. The Balaban J connectivity index is 1.56. The number of amides is 3. The summed E-state index contributed by atoms with van der Waals surface area (Å²) in [5.41, 5.74) is 0.730. The number of carbonyl (C=O) groups is 3. The van der Waals surface area contributed by atoms with Crippen LogP contribution < -0.4 is 10.6 Å². The topological polar surface area (TPSA) is 87.7 Å². The van der Waals surface area contributed by atoms with Gasteiger partial charge in [-0.3, -0.25) is 14.4 Å². The fourth-order valence-electron chi connectivity index (χ4n) is 2.71. The maximum absolute atomic E-state index is 12.3. The summed E-state index contributed by atoms with van der Waals surface area (Å²) in [6.45, 7) is 2.18. The molecule has 1 aliphatic heterocycles. The summed E-state index contributed by atoms with van der Waals surface area (Å²) in [5.74, 6) is -0.629. The molecule has 1 aromatic rings. The number of nitrogens with zero attached hydrogens (tertiary/aromatic N) is 1. The number of halogens is 1. The molecule has 1 saturated heterocycles. The van der Waals surface area contributed by atoms with Crippen molar-refractivity contribution in [2.45, 2.75) is 31.7 Å². The van der Waals surface area contributed by atoms with Crippen LogP contribution in [-0.4, -0.2) is 55.0 Å². The van der Waals surface area contributed by atoms with Gasteiger partial charge in [-0.15, -0.1) is 0 Å². The zero-order valence-electron chi connectivity index (χ0n) is 14.4. The molecule has 0 unspecified atom stereocenters. The first-order valence-corrected chi connectivity index (χ1v) is 9.16. The third-order valence-corrected chi connectivity index (χ3v) is 4.58. The van der Waals surface area contributed by atoms with Gasteiger partial charge in [-0.05, 0) is 31.0 Å². The summed E-state index contributed by atoms with van der Waals surface area (Å²) >= 11 is 5.99. The van der Waals surface area contributed by atoms with Crippen LogP contribution >= 0.6 is 11.6 Å². The summed E-state index contributed by atoms with van der Waals surface area (Å²) in [6, 6.07) is 4.96. The largest absolute Gasteiger partial charge is 0.378 e. The number of morpholine rings is 1. The molecule has 1 aliphatic carbocycles. The van der Waals surface area contributed by atoms with Crippen molar-refractivity contribution in [3.8, 4) is 0 Å². The first-order valence-electron chi connectivity index (χ1n) is 8.79. The zero-order valence-corrected chi connectivity index (χ0v) is 15.2. The molecule has 26 heavy (non-hydrogen) atoms. The molecule has 7 nitrogen and oxygen atoms in total. The SMILES string of the molecule is O=C(CCC(=O)N1CCOCC1)Nc1ccc(Cl)cc1C(=O)NC1CC1. The van der Waals surface area contributed by atoms with Gasteiger partial charge in [0.05, 0.1) is 24.5 Å². The predicted octanol–water partition coefficient (Wildman–Crippen LogP) is 1.81. The lowest BCUT2D eigenvalue weighted by Crippen LogP contribution is -2.40. The summed E-state index contributed by atoms with van der Waals surface area (Å²) in [5, 5.41) is 6.02. The van der Waals surface area contributed by atoms with Crippen LogP contribution in [0, 0.1) is 0 Å². The number of benzene rings is 1. The van der Waals surface area contributed by atoms with E-state index < -0.39 is 0 Å². The Kier molecular flexibility index (Phi) is 6.11. The van der Waals surface area contributed by atoms with Crippen LogP contribution in [0.2, 0.25) is 5.02 Å². The fourth-order valence-corrected chi connectivity index (χ4v) is 2.88. The molecule has 2 N–H and O–H groups in total. The Hall–Kier alpha value is -2.12. The summed E-state index contributed by atoms with van der Waals surface area (Å²) < 4.78 is 5.21. The standard InChI is InChI=1S/C18H22ClN3O4/c19-12-1-4-15(14(11-12)18(25)20-13-2-3-13)21-16(23)5-6-17(24)22-7-9-26-10-8-22/h1,4,11,13H,2-3,5-10H2,(H,20,25)(H,21,23). The molecule has 0 radical (unpaired) electrons. The van der Waals surface area contributed by atoms with Gasteiger partial charge in [0.25, 0.3) is 5.91 Å². The average Bonchev–Trinajstić information content (AvgIpc) is 3.46. The van der Waals surface area contributed by atoms with Crippen molar-refractivity contribution in [1.82, 2.24) is 10.2 Å². The highest BCUT2D eigenvalue weighted by Crippen LogP contribution is 2.24. The average molecular weight is 380 g/mol. The van der Waals surface area contributed by atoms with Crippen LogP contribution in [-0.2, 0) is 14.3 Å².